The zero-order valence-electron chi connectivity index (χ0n) is 19.9. The van der Waals surface area contributed by atoms with E-state index in [0.29, 0.717) is 17.7 Å². The molecule has 1 atom stereocenters. The van der Waals surface area contributed by atoms with Crippen molar-refractivity contribution in [3.8, 4) is 11.3 Å². The molecule has 0 spiro atoms. The highest BCUT2D eigenvalue weighted by atomic mass is 16.4. The van der Waals surface area contributed by atoms with Gasteiger partial charge in [-0.15, -0.1) is 0 Å². The van der Waals surface area contributed by atoms with Crippen LogP contribution < -0.4 is 10.6 Å². The lowest BCUT2D eigenvalue weighted by Gasteiger charge is -2.17. The van der Waals surface area contributed by atoms with Gasteiger partial charge in [-0.05, 0) is 43.7 Å². The second-order valence-corrected chi connectivity index (χ2v) is 9.04. The van der Waals surface area contributed by atoms with Gasteiger partial charge in [0.15, 0.2) is 0 Å². The van der Waals surface area contributed by atoms with Crippen LogP contribution in [-0.2, 0) is 17.6 Å². The van der Waals surface area contributed by atoms with Crippen molar-refractivity contribution in [3.63, 3.8) is 0 Å². The van der Waals surface area contributed by atoms with Crippen LogP contribution in [0.3, 0.4) is 0 Å². The fourth-order valence-corrected chi connectivity index (χ4v) is 4.47. The van der Waals surface area contributed by atoms with E-state index in [1.165, 1.54) is 18.2 Å². The number of unbranched alkanes of at least 4 members (excludes halogenated alkanes) is 4. The molecule has 3 aromatic rings. The van der Waals surface area contributed by atoms with Gasteiger partial charge >= 0.3 is 5.97 Å². The number of carbonyl (C=O) groups excluding carboxylic acids is 1. The van der Waals surface area contributed by atoms with E-state index in [0.717, 1.165) is 68.6 Å². The van der Waals surface area contributed by atoms with Gasteiger partial charge in [0.2, 0.25) is 0 Å². The molecule has 184 valence electrons. The van der Waals surface area contributed by atoms with Crippen LogP contribution in [0.4, 0.5) is 5.82 Å². The molecule has 1 aromatic carbocycles. The second kappa shape index (κ2) is 12.1. The van der Waals surface area contributed by atoms with Crippen LogP contribution >= 0.6 is 0 Å². The van der Waals surface area contributed by atoms with Crippen LogP contribution in [0.1, 0.15) is 66.6 Å². The van der Waals surface area contributed by atoms with Crippen molar-refractivity contribution < 1.29 is 14.7 Å². The summed E-state index contributed by atoms with van der Waals surface area (Å²) in [5.41, 5.74) is 4.18. The molecule has 1 unspecified atom stereocenters. The molecule has 1 aliphatic heterocycles. The van der Waals surface area contributed by atoms with Crippen molar-refractivity contribution >= 4 is 17.7 Å². The number of carboxylic acid groups (broad SMARTS) is 1. The van der Waals surface area contributed by atoms with E-state index in [9.17, 15) is 14.7 Å². The minimum Gasteiger partial charge on any atom is -0.480 e. The Kier molecular flexibility index (Phi) is 8.48. The quantitative estimate of drug-likeness (QED) is 0.284. The van der Waals surface area contributed by atoms with Crippen molar-refractivity contribution in [1.29, 1.82) is 0 Å². The molecule has 1 amide bonds. The Hall–Kier alpha value is -3.68. The first-order valence-corrected chi connectivity index (χ1v) is 12.5. The second-order valence-electron chi connectivity index (χ2n) is 9.04. The number of anilines is 1. The highest BCUT2D eigenvalue weighted by Gasteiger charge is 2.23. The van der Waals surface area contributed by atoms with Crippen LogP contribution in [0.5, 0.6) is 0 Å². The maximum atomic E-state index is 12.8. The molecule has 0 radical (unpaired) electrons. The lowest BCUT2D eigenvalue weighted by molar-refractivity contribution is -0.139. The Bertz CT molecular complexity index is 1130. The molecule has 0 aliphatic carbocycles. The van der Waals surface area contributed by atoms with E-state index in [1.54, 1.807) is 0 Å². The smallest absolute Gasteiger partial charge is 0.326 e. The molecule has 0 bridgehead atoms. The van der Waals surface area contributed by atoms with Gasteiger partial charge in [0.1, 0.15) is 11.9 Å². The molecule has 0 saturated heterocycles. The number of nitrogens with one attached hydrogen (secondary N) is 3. The molecule has 2 aromatic heterocycles. The van der Waals surface area contributed by atoms with Crippen LogP contribution in [0.15, 0.2) is 48.7 Å². The van der Waals surface area contributed by atoms with Gasteiger partial charge in [0.25, 0.3) is 5.91 Å². The first-order valence-electron chi connectivity index (χ1n) is 12.5. The Balaban J connectivity index is 1.18. The summed E-state index contributed by atoms with van der Waals surface area (Å²) < 4.78 is 0. The van der Waals surface area contributed by atoms with Gasteiger partial charge in [-0.1, -0.05) is 62.1 Å². The number of carboxylic acids is 1. The van der Waals surface area contributed by atoms with Crippen LogP contribution in [-0.4, -0.2) is 44.8 Å². The number of aryl methyl sites for hydroxylation is 2. The van der Waals surface area contributed by atoms with Gasteiger partial charge in [0, 0.05) is 17.8 Å². The molecule has 3 heterocycles. The maximum absolute atomic E-state index is 12.8. The largest absolute Gasteiger partial charge is 0.480 e. The van der Waals surface area contributed by atoms with Crippen LogP contribution in [0.25, 0.3) is 11.3 Å². The number of nitrogens with zero attached hydrogens (tertiary/aromatic N) is 2. The highest BCUT2D eigenvalue weighted by molar-refractivity contribution is 6.01. The summed E-state index contributed by atoms with van der Waals surface area (Å²) >= 11 is 0. The average Bonchev–Trinajstić information content (AvgIpc) is 3.38. The van der Waals surface area contributed by atoms with Crippen molar-refractivity contribution in [2.24, 2.45) is 0 Å². The minimum atomic E-state index is -1.02. The third-order valence-corrected chi connectivity index (χ3v) is 6.43. The van der Waals surface area contributed by atoms with E-state index < -0.39 is 17.9 Å². The standard InChI is InChI=1S/C27H33N5O3/c33-26(22-18-29-32-24(22)19-10-5-4-6-11-19)31-23(27(34)35)14-8-3-1-2-7-13-21-16-15-20-12-9-17-28-25(20)30-21/h4-6,10-11,15-16,18,23H,1-3,7-9,12-14,17H2,(H,28,30)(H,29,32)(H,31,33)(H,34,35). The van der Waals surface area contributed by atoms with E-state index in [-0.39, 0.29) is 0 Å². The maximum Gasteiger partial charge on any atom is 0.326 e. The van der Waals surface area contributed by atoms with E-state index in [2.05, 4.69) is 33.0 Å². The minimum absolute atomic E-state index is 0.341. The highest BCUT2D eigenvalue weighted by Crippen LogP contribution is 2.22. The summed E-state index contributed by atoms with van der Waals surface area (Å²) in [6, 6.07) is 12.8. The van der Waals surface area contributed by atoms with Gasteiger partial charge in [-0.3, -0.25) is 9.89 Å². The monoisotopic (exact) mass is 475 g/mol. The Labute approximate surface area is 205 Å². The molecule has 8 heteroatoms. The summed E-state index contributed by atoms with van der Waals surface area (Å²) in [6.45, 7) is 0.998. The fraction of sp³-hybridized carbons (Fsp3) is 0.407. The third-order valence-electron chi connectivity index (χ3n) is 6.43. The Morgan fingerprint density at radius 3 is 2.66 bits per heavy atom. The zero-order chi connectivity index (χ0) is 24.5. The molecule has 4 rings (SSSR count). The predicted octanol–water partition coefficient (Wildman–Crippen LogP) is 4.60. The van der Waals surface area contributed by atoms with Crippen molar-refractivity contribution in [2.75, 3.05) is 11.9 Å². The summed E-state index contributed by atoms with van der Waals surface area (Å²) in [6.07, 6.45) is 9.90. The normalized spacial score (nSPS) is 13.5. The molecular weight excluding hydrogens is 442 g/mol. The predicted molar refractivity (Wildman–Crippen MR) is 135 cm³/mol. The van der Waals surface area contributed by atoms with E-state index >= 15 is 0 Å². The van der Waals surface area contributed by atoms with Crippen LogP contribution in [0, 0.1) is 0 Å². The number of carbonyl (C=O) groups is 2. The lowest BCUT2D eigenvalue weighted by Crippen LogP contribution is -2.40. The van der Waals surface area contributed by atoms with Gasteiger partial charge in [0.05, 0.1) is 17.5 Å². The van der Waals surface area contributed by atoms with E-state index in [4.69, 9.17) is 4.98 Å². The van der Waals surface area contributed by atoms with Crippen molar-refractivity contribution in [2.45, 2.75) is 63.8 Å². The molecule has 0 fully saturated rings. The number of amides is 1. The lowest BCUT2D eigenvalue weighted by atomic mass is 10.0. The molecular formula is C27H33N5O3. The first kappa shape index (κ1) is 24.4. The Morgan fingerprint density at radius 2 is 1.83 bits per heavy atom. The number of H-pyrrole nitrogens is 1. The van der Waals surface area contributed by atoms with E-state index in [1.807, 2.05) is 30.3 Å². The summed E-state index contributed by atoms with van der Waals surface area (Å²) in [5.74, 6) is -0.408. The summed E-state index contributed by atoms with van der Waals surface area (Å²) in [5, 5.41) is 22.5. The summed E-state index contributed by atoms with van der Waals surface area (Å²) in [7, 11) is 0. The number of rotatable bonds is 12. The first-order chi connectivity index (χ1) is 17.1. The number of benzene rings is 1. The van der Waals surface area contributed by atoms with Gasteiger partial charge in [-0.2, -0.15) is 5.10 Å². The number of pyridine rings is 1. The number of aromatic nitrogens is 3. The SMILES string of the molecule is O=C(NC(CCCCCCCc1ccc2c(n1)NCCC2)C(=O)O)c1cn[nH]c1-c1ccccc1. The molecule has 0 saturated carbocycles. The number of hydrogen-bond acceptors (Lipinski definition) is 5. The van der Waals surface area contributed by atoms with Crippen molar-refractivity contribution in [3.05, 3.63) is 65.5 Å². The molecule has 4 N–H and O–H groups in total. The average molecular weight is 476 g/mol. The molecule has 1 aliphatic rings. The Morgan fingerprint density at radius 1 is 1.03 bits per heavy atom. The number of fused-ring (bicyclic) bond motifs is 1. The number of aliphatic carboxylic acids is 1. The number of hydrogen-bond donors (Lipinski definition) is 4. The summed E-state index contributed by atoms with van der Waals surface area (Å²) in [4.78, 5) is 29.2. The van der Waals surface area contributed by atoms with Gasteiger partial charge in [-0.25, -0.2) is 9.78 Å². The van der Waals surface area contributed by atoms with Crippen molar-refractivity contribution in [1.82, 2.24) is 20.5 Å². The number of aromatic amines is 1. The third kappa shape index (κ3) is 6.68. The van der Waals surface area contributed by atoms with Gasteiger partial charge < -0.3 is 15.7 Å². The topological polar surface area (TPSA) is 120 Å². The molecule has 35 heavy (non-hydrogen) atoms. The molecule has 8 nitrogen and oxygen atoms in total. The van der Waals surface area contributed by atoms with Crippen LogP contribution in [0.2, 0.25) is 0 Å². The zero-order valence-corrected chi connectivity index (χ0v) is 19.9. The fourth-order valence-electron chi connectivity index (χ4n) is 4.47.